The predicted molar refractivity (Wildman–Crippen MR) is 46.7 cm³/mol. The number of fused-ring (bicyclic) bond motifs is 1. The van der Waals surface area contributed by atoms with Crippen LogP contribution in [0.25, 0.3) is 11.0 Å². The normalized spacial score (nSPS) is 13.5. The van der Waals surface area contributed by atoms with Crippen molar-refractivity contribution in [3.63, 3.8) is 0 Å². The van der Waals surface area contributed by atoms with E-state index in [4.69, 9.17) is 0 Å². The summed E-state index contributed by atoms with van der Waals surface area (Å²) in [7, 11) is 0. The third kappa shape index (κ3) is 0.987. The van der Waals surface area contributed by atoms with Crippen LogP contribution in [-0.2, 0) is 0 Å². The summed E-state index contributed by atoms with van der Waals surface area (Å²) < 4.78 is 0. The minimum atomic E-state index is -0.442. The molecule has 2 rings (SSSR count). The highest BCUT2D eigenvalue weighted by Gasteiger charge is 2.07. The van der Waals surface area contributed by atoms with Crippen LogP contribution in [0.2, 0.25) is 0 Å². The average Bonchev–Trinajstić information content (AvgIpc) is 2.47. The lowest BCUT2D eigenvalue weighted by Crippen LogP contribution is -1.87. The molecule has 0 saturated heterocycles. The Balaban J connectivity index is 2.70. The summed E-state index contributed by atoms with van der Waals surface area (Å²) in [4.78, 5) is 7.12. The Morgan fingerprint density at radius 3 is 3.17 bits per heavy atom. The molecule has 0 aliphatic heterocycles. The smallest absolute Gasteiger partial charge is 0.137 e. The summed E-state index contributed by atoms with van der Waals surface area (Å²) in [5.41, 5.74) is 1.73. The lowest BCUT2D eigenvalue weighted by molar-refractivity contribution is 0.201. The minimum Gasteiger partial charge on any atom is -0.389 e. The molecule has 0 fully saturated rings. The van der Waals surface area contributed by atoms with Crippen LogP contribution in [0.1, 0.15) is 18.6 Å². The third-order valence-corrected chi connectivity index (χ3v) is 1.93. The number of H-pyrrole nitrogens is 1. The molecule has 0 radical (unpaired) electrons. The van der Waals surface area contributed by atoms with E-state index in [2.05, 4.69) is 9.97 Å². The standard InChI is InChI=1S/C9H10N2O/c1-6(12)8-5-11-9-7(8)3-2-4-10-9/h2-6,12H,1H3,(H,10,11). The van der Waals surface area contributed by atoms with Gasteiger partial charge >= 0.3 is 0 Å². The highest BCUT2D eigenvalue weighted by molar-refractivity contribution is 5.79. The van der Waals surface area contributed by atoms with Gasteiger partial charge in [-0.25, -0.2) is 4.98 Å². The Kier molecular flexibility index (Phi) is 1.59. The summed E-state index contributed by atoms with van der Waals surface area (Å²) in [6, 6.07) is 3.81. The van der Waals surface area contributed by atoms with Crippen molar-refractivity contribution in [3.8, 4) is 0 Å². The van der Waals surface area contributed by atoms with Gasteiger partial charge in [-0.15, -0.1) is 0 Å². The predicted octanol–water partition coefficient (Wildman–Crippen LogP) is 1.62. The first-order valence-corrected chi connectivity index (χ1v) is 3.89. The molecular weight excluding hydrogens is 152 g/mol. The molecule has 0 saturated carbocycles. The van der Waals surface area contributed by atoms with Crippen LogP contribution in [0.4, 0.5) is 0 Å². The van der Waals surface area contributed by atoms with Crippen molar-refractivity contribution in [2.45, 2.75) is 13.0 Å². The van der Waals surface area contributed by atoms with Gasteiger partial charge < -0.3 is 10.1 Å². The second kappa shape index (κ2) is 2.60. The van der Waals surface area contributed by atoms with Crippen molar-refractivity contribution in [3.05, 3.63) is 30.1 Å². The van der Waals surface area contributed by atoms with Crippen molar-refractivity contribution in [2.24, 2.45) is 0 Å². The fourth-order valence-electron chi connectivity index (χ4n) is 1.32. The summed E-state index contributed by atoms with van der Waals surface area (Å²) in [6.07, 6.45) is 3.08. The highest BCUT2D eigenvalue weighted by Crippen LogP contribution is 2.21. The van der Waals surface area contributed by atoms with E-state index in [1.54, 1.807) is 19.3 Å². The van der Waals surface area contributed by atoms with Crippen LogP contribution < -0.4 is 0 Å². The second-order valence-electron chi connectivity index (χ2n) is 2.82. The first kappa shape index (κ1) is 7.31. The van der Waals surface area contributed by atoms with E-state index in [-0.39, 0.29) is 0 Å². The third-order valence-electron chi connectivity index (χ3n) is 1.93. The Morgan fingerprint density at radius 1 is 1.58 bits per heavy atom. The lowest BCUT2D eigenvalue weighted by atomic mass is 10.1. The largest absolute Gasteiger partial charge is 0.389 e. The minimum absolute atomic E-state index is 0.442. The van der Waals surface area contributed by atoms with Gasteiger partial charge in [0.05, 0.1) is 6.10 Å². The molecule has 0 amide bonds. The fraction of sp³-hybridized carbons (Fsp3) is 0.222. The molecular formula is C9H10N2O. The summed E-state index contributed by atoms with van der Waals surface area (Å²) >= 11 is 0. The Morgan fingerprint density at radius 2 is 2.42 bits per heavy atom. The maximum absolute atomic E-state index is 9.36. The number of rotatable bonds is 1. The van der Waals surface area contributed by atoms with Crippen LogP contribution >= 0.6 is 0 Å². The van der Waals surface area contributed by atoms with E-state index < -0.39 is 6.10 Å². The SMILES string of the molecule is CC(O)c1c[nH]c2ncccc12. The Hall–Kier alpha value is -1.35. The number of pyridine rings is 1. The molecule has 0 bridgehead atoms. The van der Waals surface area contributed by atoms with E-state index in [1.165, 1.54) is 0 Å². The summed E-state index contributed by atoms with van der Waals surface area (Å²) in [5.74, 6) is 0. The number of nitrogens with zero attached hydrogens (tertiary/aromatic N) is 1. The van der Waals surface area contributed by atoms with Crippen LogP contribution in [0.15, 0.2) is 24.5 Å². The number of hydrogen-bond acceptors (Lipinski definition) is 2. The van der Waals surface area contributed by atoms with E-state index >= 15 is 0 Å². The first-order chi connectivity index (χ1) is 5.79. The molecule has 2 aromatic rings. The van der Waals surface area contributed by atoms with Gasteiger partial charge in [-0.3, -0.25) is 0 Å². The molecule has 12 heavy (non-hydrogen) atoms. The van der Waals surface area contributed by atoms with Crippen molar-refractivity contribution in [2.75, 3.05) is 0 Å². The molecule has 3 nitrogen and oxygen atoms in total. The van der Waals surface area contributed by atoms with Crippen molar-refractivity contribution in [1.29, 1.82) is 0 Å². The zero-order valence-corrected chi connectivity index (χ0v) is 6.78. The highest BCUT2D eigenvalue weighted by atomic mass is 16.3. The molecule has 1 atom stereocenters. The first-order valence-electron chi connectivity index (χ1n) is 3.89. The van der Waals surface area contributed by atoms with Gasteiger partial charge in [-0.2, -0.15) is 0 Å². The van der Waals surface area contributed by atoms with Gasteiger partial charge in [0.15, 0.2) is 0 Å². The molecule has 0 aromatic carbocycles. The second-order valence-corrected chi connectivity index (χ2v) is 2.82. The van der Waals surface area contributed by atoms with Crippen LogP contribution in [0.5, 0.6) is 0 Å². The number of aromatic amines is 1. The van der Waals surface area contributed by atoms with E-state index in [9.17, 15) is 5.11 Å². The molecule has 2 aromatic heterocycles. The molecule has 0 aliphatic carbocycles. The Labute approximate surface area is 70.1 Å². The molecule has 2 heterocycles. The van der Waals surface area contributed by atoms with Crippen molar-refractivity contribution < 1.29 is 5.11 Å². The lowest BCUT2D eigenvalue weighted by Gasteiger charge is -1.99. The van der Waals surface area contributed by atoms with E-state index in [0.29, 0.717) is 0 Å². The topological polar surface area (TPSA) is 48.9 Å². The van der Waals surface area contributed by atoms with Crippen LogP contribution in [0.3, 0.4) is 0 Å². The van der Waals surface area contributed by atoms with Crippen LogP contribution in [-0.4, -0.2) is 15.1 Å². The van der Waals surface area contributed by atoms with E-state index in [0.717, 1.165) is 16.6 Å². The van der Waals surface area contributed by atoms with Gasteiger partial charge in [0.1, 0.15) is 5.65 Å². The maximum Gasteiger partial charge on any atom is 0.137 e. The molecule has 0 aliphatic rings. The zero-order valence-electron chi connectivity index (χ0n) is 6.78. The number of aliphatic hydroxyl groups excluding tert-OH is 1. The zero-order chi connectivity index (χ0) is 8.55. The Bertz CT molecular complexity index is 392. The molecule has 2 N–H and O–H groups in total. The van der Waals surface area contributed by atoms with Gasteiger partial charge in [0.25, 0.3) is 0 Å². The fourth-order valence-corrected chi connectivity index (χ4v) is 1.32. The summed E-state index contributed by atoms with van der Waals surface area (Å²) in [5, 5.41) is 10.4. The van der Waals surface area contributed by atoms with E-state index in [1.807, 2.05) is 12.1 Å². The molecule has 3 heteroatoms. The van der Waals surface area contributed by atoms with Gasteiger partial charge in [-0.1, -0.05) is 0 Å². The quantitative estimate of drug-likeness (QED) is 0.669. The monoisotopic (exact) mass is 162 g/mol. The van der Waals surface area contributed by atoms with Gasteiger partial charge in [-0.05, 0) is 19.1 Å². The number of aromatic nitrogens is 2. The number of aliphatic hydroxyl groups is 1. The maximum atomic E-state index is 9.36. The van der Waals surface area contributed by atoms with Crippen LogP contribution in [0, 0.1) is 0 Å². The van der Waals surface area contributed by atoms with Gasteiger partial charge in [0, 0.05) is 23.3 Å². The molecule has 62 valence electrons. The molecule has 1 unspecified atom stereocenters. The number of nitrogens with one attached hydrogen (secondary N) is 1. The van der Waals surface area contributed by atoms with Crippen molar-refractivity contribution >= 4 is 11.0 Å². The average molecular weight is 162 g/mol. The number of hydrogen-bond donors (Lipinski definition) is 2. The summed E-state index contributed by atoms with van der Waals surface area (Å²) in [6.45, 7) is 1.75. The molecule has 0 spiro atoms. The van der Waals surface area contributed by atoms with Gasteiger partial charge in [0.2, 0.25) is 0 Å². The van der Waals surface area contributed by atoms with Crippen molar-refractivity contribution in [1.82, 2.24) is 9.97 Å².